The van der Waals surface area contributed by atoms with Crippen molar-refractivity contribution >= 4 is 0 Å². The van der Waals surface area contributed by atoms with E-state index >= 15 is 0 Å². The summed E-state index contributed by atoms with van der Waals surface area (Å²) in [5, 5.41) is 0. The highest BCUT2D eigenvalue weighted by molar-refractivity contribution is 5.38. The average Bonchev–Trinajstić information content (AvgIpc) is 2.39. The molecule has 0 fully saturated rings. The highest BCUT2D eigenvalue weighted by Crippen LogP contribution is 2.24. The number of hydrogen-bond donors (Lipinski definition) is 0. The molecule has 0 bridgehead atoms. The molecule has 2 aromatic carbocycles. The minimum absolute atomic E-state index is 0.871. The molecule has 0 saturated heterocycles. The first-order valence-corrected chi connectivity index (χ1v) is 6.23. The van der Waals surface area contributed by atoms with E-state index in [1.807, 2.05) is 42.5 Å². The number of benzene rings is 2. The monoisotopic (exact) mass is 238 g/mol. The van der Waals surface area contributed by atoms with Crippen molar-refractivity contribution in [3.63, 3.8) is 0 Å². The Labute approximate surface area is 109 Å². The zero-order valence-corrected chi connectivity index (χ0v) is 10.7. The van der Waals surface area contributed by atoms with Gasteiger partial charge in [-0.15, -0.1) is 6.58 Å². The van der Waals surface area contributed by atoms with Gasteiger partial charge >= 0.3 is 0 Å². The third kappa shape index (κ3) is 3.24. The lowest BCUT2D eigenvalue weighted by molar-refractivity contribution is 0.482. The first-order valence-electron chi connectivity index (χ1n) is 6.23. The Morgan fingerprint density at radius 1 is 1.06 bits per heavy atom. The van der Waals surface area contributed by atoms with Crippen LogP contribution in [0.5, 0.6) is 11.5 Å². The third-order valence-electron chi connectivity index (χ3n) is 2.91. The number of ether oxygens (including phenoxy) is 1. The molecule has 1 heteroatoms. The summed E-state index contributed by atoms with van der Waals surface area (Å²) in [6.07, 6.45) is 4.01. The summed E-state index contributed by atoms with van der Waals surface area (Å²) in [7, 11) is 0. The van der Waals surface area contributed by atoms with Crippen LogP contribution < -0.4 is 4.74 Å². The highest BCUT2D eigenvalue weighted by atomic mass is 16.5. The van der Waals surface area contributed by atoms with Crippen LogP contribution in [0, 0.1) is 6.92 Å². The van der Waals surface area contributed by atoms with Crippen LogP contribution in [-0.4, -0.2) is 0 Å². The minimum atomic E-state index is 0.871. The van der Waals surface area contributed by atoms with E-state index in [-0.39, 0.29) is 0 Å². The summed E-state index contributed by atoms with van der Waals surface area (Å²) in [5.74, 6) is 1.76. The Bertz CT molecular complexity index is 514. The van der Waals surface area contributed by atoms with Gasteiger partial charge in [0.15, 0.2) is 0 Å². The maximum absolute atomic E-state index is 5.80. The molecule has 92 valence electrons. The Kier molecular flexibility index (Phi) is 4.19. The molecule has 0 amide bonds. The molecule has 18 heavy (non-hydrogen) atoms. The second-order valence-corrected chi connectivity index (χ2v) is 4.33. The first kappa shape index (κ1) is 12.4. The molecule has 1 nitrogen and oxygen atoms in total. The summed E-state index contributed by atoms with van der Waals surface area (Å²) in [6, 6.07) is 16.1. The number of para-hydroxylation sites is 1. The van der Waals surface area contributed by atoms with E-state index < -0.39 is 0 Å². The van der Waals surface area contributed by atoms with Gasteiger partial charge in [-0.1, -0.05) is 30.3 Å². The molecule has 0 heterocycles. The molecule has 0 radical (unpaired) electrons. The molecule has 0 N–H and O–H groups in total. The van der Waals surface area contributed by atoms with Crippen molar-refractivity contribution in [2.75, 3.05) is 0 Å². The van der Waals surface area contributed by atoms with E-state index in [1.165, 1.54) is 11.1 Å². The van der Waals surface area contributed by atoms with Gasteiger partial charge in [0.05, 0.1) is 0 Å². The van der Waals surface area contributed by atoms with Gasteiger partial charge in [-0.05, 0) is 55.2 Å². The number of allylic oxidation sites excluding steroid dienone is 1. The lowest BCUT2D eigenvalue weighted by Crippen LogP contribution is -1.90. The van der Waals surface area contributed by atoms with Gasteiger partial charge in [-0.3, -0.25) is 0 Å². The summed E-state index contributed by atoms with van der Waals surface area (Å²) in [4.78, 5) is 0. The Hall–Kier alpha value is -2.02. The molecule has 2 aromatic rings. The van der Waals surface area contributed by atoms with E-state index in [0.29, 0.717) is 0 Å². The van der Waals surface area contributed by atoms with Crippen LogP contribution in [0.15, 0.2) is 61.2 Å². The number of aryl methyl sites for hydroxylation is 2. The van der Waals surface area contributed by atoms with Crippen molar-refractivity contribution in [1.29, 1.82) is 0 Å². The maximum Gasteiger partial charge on any atom is 0.127 e. The van der Waals surface area contributed by atoms with Crippen LogP contribution in [0.2, 0.25) is 0 Å². The fraction of sp³-hybridized carbons (Fsp3) is 0.176. The van der Waals surface area contributed by atoms with Gasteiger partial charge in [0.25, 0.3) is 0 Å². The van der Waals surface area contributed by atoms with Crippen molar-refractivity contribution in [3.8, 4) is 11.5 Å². The number of rotatable bonds is 5. The maximum atomic E-state index is 5.80. The van der Waals surface area contributed by atoms with Crippen molar-refractivity contribution in [3.05, 3.63) is 72.3 Å². The van der Waals surface area contributed by atoms with Crippen LogP contribution in [0.25, 0.3) is 0 Å². The first-order chi connectivity index (χ1) is 8.79. The van der Waals surface area contributed by atoms with E-state index in [0.717, 1.165) is 24.3 Å². The largest absolute Gasteiger partial charge is 0.457 e. The van der Waals surface area contributed by atoms with Gasteiger partial charge < -0.3 is 4.74 Å². The van der Waals surface area contributed by atoms with E-state index in [2.05, 4.69) is 25.6 Å². The smallest absolute Gasteiger partial charge is 0.127 e. The van der Waals surface area contributed by atoms with Gasteiger partial charge in [-0.25, -0.2) is 0 Å². The molecule has 0 saturated carbocycles. The summed E-state index contributed by atoms with van der Waals surface area (Å²) in [5.41, 5.74) is 2.63. The Morgan fingerprint density at radius 3 is 2.50 bits per heavy atom. The van der Waals surface area contributed by atoms with Crippen molar-refractivity contribution in [1.82, 2.24) is 0 Å². The fourth-order valence-corrected chi connectivity index (χ4v) is 1.89. The summed E-state index contributed by atoms with van der Waals surface area (Å²) >= 11 is 0. The Balaban J connectivity index is 2.11. The minimum Gasteiger partial charge on any atom is -0.457 e. The van der Waals surface area contributed by atoms with E-state index in [4.69, 9.17) is 4.74 Å². The van der Waals surface area contributed by atoms with Crippen LogP contribution in [0.1, 0.15) is 17.5 Å². The van der Waals surface area contributed by atoms with Crippen LogP contribution in [0.3, 0.4) is 0 Å². The Morgan fingerprint density at radius 2 is 1.83 bits per heavy atom. The van der Waals surface area contributed by atoms with E-state index in [1.54, 1.807) is 0 Å². The average molecular weight is 238 g/mol. The molecule has 0 aromatic heterocycles. The number of hydrogen-bond acceptors (Lipinski definition) is 1. The predicted octanol–water partition coefficient (Wildman–Crippen LogP) is 4.91. The molecule has 0 aliphatic carbocycles. The molecular formula is C17H18O. The highest BCUT2D eigenvalue weighted by Gasteiger charge is 2.01. The molecule has 0 aliphatic rings. The van der Waals surface area contributed by atoms with E-state index in [9.17, 15) is 0 Å². The zero-order chi connectivity index (χ0) is 12.8. The molecule has 0 unspecified atom stereocenters. The lowest BCUT2D eigenvalue weighted by Gasteiger charge is -2.09. The molecule has 0 aliphatic heterocycles. The second kappa shape index (κ2) is 6.06. The van der Waals surface area contributed by atoms with Gasteiger partial charge in [0.1, 0.15) is 11.5 Å². The van der Waals surface area contributed by atoms with Crippen LogP contribution in [0.4, 0.5) is 0 Å². The standard InChI is InChI=1S/C17H18O/c1-3-4-8-15-11-12-17(13-14(15)2)18-16-9-6-5-7-10-16/h3,5-7,9-13H,1,4,8H2,2H3. The summed E-state index contributed by atoms with van der Waals surface area (Å²) in [6.45, 7) is 5.88. The van der Waals surface area contributed by atoms with Crippen molar-refractivity contribution < 1.29 is 4.74 Å². The SMILES string of the molecule is C=CCCc1ccc(Oc2ccccc2)cc1C. The normalized spacial score (nSPS) is 10.1. The molecule has 0 spiro atoms. The van der Waals surface area contributed by atoms with Crippen molar-refractivity contribution in [2.45, 2.75) is 19.8 Å². The van der Waals surface area contributed by atoms with Gasteiger partial charge in [0.2, 0.25) is 0 Å². The zero-order valence-electron chi connectivity index (χ0n) is 10.7. The van der Waals surface area contributed by atoms with Crippen LogP contribution in [-0.2, 0) is 6.42 Å². The fourth-order valence-electron chi connectivity index (χ4n) is 1.89. The predicted molar refractivity (Wildman–Crippen MR) is 76.2 cm³/mol. The van der Waals surface area contributed by atoms with Gasteiger partial charge in [-0.2, -0.15) is 0 Å². The van der Waals surface area contributed by atoms with Crippen molar-refractivity contribution in [2.24, 2.45) is 0 Å². The molecule has 0 atom stereocenters. The third-order valence-corrected chi connectivity index (χ3v) is 2.91. The lowest BCUT2D eigenvalue weighted by atomic mass is 10.0. The second-order valence-electron chi connectivity index (χ2n) is 4.33. The molecular weight excluding hydrogens is 220 g/mol. The molecule has 2 rings (SSSR count). The summed E-state index contributed by atoms with van der Waals surface area (Å²) < 4.78 is 5.80. The van der Waals surface area contributed by atoms with Gasteiger partial charge in [0, 0.05) is 0 Å². The topological polar surface area (TPSA) is 9.23 Å². The quantitative estimate of drug-likeness (QED) is 0.673. The van der Waals surface area contributed by atoms with Crippen LogP contribution >= 0.6 is 0 Å².